The molecule has 0 aromatic carbocycles. The average molecular weight is 432 g/mol. The number of hydrogen-bond acceptors (Lipinski definition) is 5. The van der Waals surface area contributed by atoms with Gasteiger partial charge in [-0.15, -0.1) is 0 Å². The molecule has 0 bridgehead atoms. The van der Waals surface area contributed by atoms with Crippen molar-refractivity contribution in [1.82, 2.24) is 0 Å². The molecular weight excluding hydrogens is 411 g/mol. The Hall–Kier alpha value is -1.57. The van der Waals surface area contributed by atoms with Crippen molar-refractivity contribution in [2.24, 2.45) is 0 Å². The third-order valence-corrected chi connectivity index (χ3v) is 3.54. The molecule has 0 atom stereocenters. The van der Waals surface area contributed by atoms with Crippen molar-refractivity contribution in [1.29, 1.82) is 0 Å². The van der Waals surface area contributed by atoms with Crippen molar-refractivity contribution in [2.45, 2.75) is 39.2 Å². The quantitative estimate of drug-likeness (QED) is 0.332. The number of hydrogen-bond donors (Lipinski definition) is 0. The Kier molecular flexibility index (Phi) is 9.35. The minimum Gasteiger partial charge on any atom is -0.496 e. The molecule has 0 spiro atoms. The van der Waals surface area contributed by atoms with E-state index >= 15 is 0 Å². The lowest BCUT2D eigenvalue weighted by Crippen LogP contribution is -2.13. The van der Waals surface area contributed by atoms with Crippen LogP contribution in [0.2, 0.25) is 0 Å². The molecule has 0 radical (unpaired) electrons. The highest BCUT2D eigenvalue weighted by Crippen LogP contribution is 2.18. The van der Waals surface area contributed by atoms with Crippen LogP contribution in [0, 0.1) is 0 Å². The summed E-state index contributed by atoms with van der Waals surface area (Å²) in [4.78, 5) is 22.8. The molecule has 126 valence electrons. The van der Waals surface area contributed by atoms with Crippen LogP contribution in [0.5, 0.6) is 5.75 Å². The second-order valence-corrected chi connectivity index (χ2v) is 5.53. The Bertz CT molecular complexity index is 616. The van der Waals surface area contributed by atoms with E-state index in [1.165, 1.54) is 14.0 Å². The zero-order valence-corrected chi connectivity index (χ0v) is 15.5. The van der Waals surface area contributed by atoms with Gasteiger partial charge < -0.3 is 13.9 Å². The second-order valence-electron chi connectivity index (χ2n) is 4.81. The van der Waals surface area contributed by atoms with Gasteiger partial charge in [0.1, 0.15) is 23.7 Å². The smallest absolute Gasteiger partial charge is 0.346 e. The maximum absolute atomic E-state index is 12.0. The molecule has 1 rings (SSSR count). The summed E-state index contributed by atoms with van der Waals surface area (Å²) >= 11 is 2.21. The molecule has 0 saturated carbocycles. The number of ether oxygens (including phenoxy) is 2. The van der Waals surface area contributed by atoms with Gasteiger partial charge in [-0.2, -0.15) is 0 Å². The number of carbonyl (C=O) groups is 1. The predicted octanol–water partition coefficient (Wildman–Crippen LogP) is 4.23. The van der Waals surface area contributed by atoms with Gasteiger partial charge in [-0.05, 0) is 35.8 Å². The van der Waals surface area contributed by atoms with Crippen molar-refractivity contribution < 1.29 is 18.7 Å². The molecule has 0 aliphatic carbocycles. The van der Waals surface area contributed by atoms with Crippen LogP contribution in [0.1, 0.15) is 43.9 Å². The molecule has 0 N–H and O–H groups in total. The van der Waals surface area contributed by atoms with Gasteiger partial charge in [0.05, 0.1) is 7.11 Å². The van der Waals surface area contributed by atoms with Crippen molar-refractivity contribution in [3.63, 3.8) is 0 Å². The molecule has 6 heteroatoms. The molecule has 0 amide bonds. The predicted molar refractivity (Wildman–Crippen MR) is 97.7 cm³/mol. The molecule has 0 aliphatic rings. The van der Waals surface area contributed by atoms with E-state index in [-0.39, 0.29) is 12.2 Å². The molecule has 1 heterocycles. The summed E-state index contributed by atoms with van der Waals surface area (Å²) < 4.78 is 17.2. The highest BCUT2D eigenvalue weighted by Gasteiger charge is 2.13. The standard InChI is InChI=1S/C17H21IO5/c1-13(19)22-12-15-16(21-2)11-14(23-17(15)20)9-7-5-3-4-6-8-10-18/h7-11H,3-6,12H2,1-2H3/b9-7+,10-8+. The van der Waals surface area contributed by atoms with Crippen LogP contribution in [0.3, 0.4) is 0 Å². The number of allylic oxidation sites excluding steroid dienone is 2. The highest BCUT2D eigenvalue weighted by atomic mass is 127. The van der Waals surface area contributed by atoms with Crippen molar-refractivity contribution in [3.05, 3.63) is 44.0 Å². The van der Waals surface area contributed by atoms with Gasteiger partial charge in [0, 0.05) is 13.0 Å². The summed E-state index contributed by atoms with van der Waals surface area (Å²) in [6, 6.07) is 1.62. The normalized spacial score (nSPS) is 11.3. The van der Waals surface area contributed by atoms with Crippen LogP contribution >= 0.6 is 22.6 Å². The molecule has 23 heavy (non-hydrogen) atoms. The van der Waals surface area contributed by atoms with E-state index in [2.05, 4.69) is 28.7 Å². The Morgan fingerprint density at radius 3 is 2.61 bits per heavy atom. The summed E-state index contributed by atoms with van der Waals surface area (Å²) in [6.07, 6.45) is 10.0. The van der Waals surface area contributed by atoms with E-state index in [9.17, 15) is 9.59 Å². The van der Waals surface area contributed by atoms with Crippen LogP contribution in [-0.4, -0.2) is 13.1 Å². The van der Waals surface area contributed by atoms with Gasteiger partial charge in [-0.25, -0.2) is 4.79 Å². The monoisotopic (exact) mass is 432 g/mol. The van der Waals surface area contributed by atoms with Crippen molar-refractivity contribution in [3.8, 4) is 5.75 Å². The summed E-state index contributed by atoms with van der Waals surface area (Å²) in [5.41, 5.74) is -0.358. The molecule has 0 fully saturated rings. The van der Waals surface area contributed by atoms with E-state index in [0.717, 1.165) is 25.7 Å². The summed E-state index contributed by atoms with van der Waals surface area (Å²) in [5.74, 6) is 0.313. The van der Waals surface area contributed by atoms with Crippen molar-refractivity contribution in [2.75, 3.05) is 7.11 Å². The second kappa shape index (κ2) is 11.0. The first-order valence-electron chi connectivity index (χ1n) is 7.34. The summed E-state index contributed by atoms with van der Waals surface area (Å²) in [6.45, 7) is 1.12. The maximum Gasteiger partial charge on any atom is 0.346 e. The lowest BCUT2D eigenvalue weighted by atomic mass is 10.2. The fraction of sp³-hybridized carbons (Fsp3) is 0.412. The fourth-order valence-corrected chi connectivity index (χ4v) is 2.23. The van der Waals surface area contributed by atoms with Gasteiger partial charge in [0.2, 0.25) is 0 Å². The number of esters is 1. The van der Waals surface area contributed by atoms with E-state index in [4.69, 9.17) is 13.9 Å². The van der Waals surface area contributed by atoms with Crippen molar-refractivity contribution >= 4 is 34.6 Å². The van der Waals surface area contributed by atoms with E-state index < -0.39 is 11.6 Å². The number of rotatable bonds is 9. The number of methoxy groups -OCH3 is 1. The van der Waals surface area contributed by atoms with Crippen LogP contribution in [0.25, 0.3) is 6.08 Å². The molecule has 0 aliphatic heterocycles. The summed E-state index contributed by atoms with van der Waals surface area (Å²) in [5, 5.41) is 0. The third kappa shape index (κ3) is 7.49. The lowest BCUT2D eigenvalue weighted by molar-refractivity contribution is -0.142. The lowest BCUT2D eigenvalue weighted by Gasteiger charge is -2.07. The first kappa shape index (κ1) is 19.5. The number of carbonyl (C=O) groups excluding carboxylic acids is 1. The largest absolute Gasteiger partial charge is 0.496 e. The third-order valence-electron chi connectivity index (χ3n) is 3.03. The first-order valence-corrected chi connectivity index (χ1v) is 8.59. The molecule has 5 nitrogen and oxygen atoms in total. The Morgan fingerprint density at radius 2 is 2.00 bits per heavy atom. The maximum atomic E-state index is 12.0. The summed E-state index contributed by atoms with van der Waals surface area (Å²) in [7, 11) is 1.46. The molecular formula is C17H21IO5. The van der Waals surface area contributed by atoms with Crippen LogP contribution in [0.4, 0.5) is 0 Å². The topological polar surface area (TPSA) is 65.7 Å². The Balaban J connectivity index is 2.68. The SMILES string of the molecule is COc1cc(/C=C/CCCC/C=C/I)oc(=O)c1COC(C)=O. The number of halogens is 1. The molecule has 1 aromatic rings. The zero-order valence-electron chi connectivity index (χ0n) is 13.3. The Labute approximate surface area is 149 Å². The van der Waals surface area contributed by atoms with Gasteiger partial charge >= 0.3 is 11.6 Å². The van der Waals surface area contributed by atoms with E-state index in [0.29, 0.717) is 11.5 Å². The molecule has 1 aromatic heterocycles. The molecule has 0 unspecified atom stereocenters. The van der Waals surface area contributed by atoms with Gasteiger partial charge in [0.25, 0.3) is 0 Å². The highest BCUT2D eigenvalue weighted by molar-refractivity contribution is 14.1. The zero-order chi connectivity index (χ0) is 17.1. The van der Waals surface area contributed by atoms with Crippen LogP contribution < -0.4 is 10.4 Å². The Morgan fingerprint density at radius 1 is 1.30 bits per heavy atom. The number of unbranched alkanes of at least 4 members (excludes halogenated alkanes) is 3. The first-order chi connectivity index (χ1) is 11.1. The minimum absolute atomic E-state index is 0.158. The van der Waals surface area contributed by atoms with Crippen LogP contribution in [0.15, 0.2) is 31.5 Å². The van der Waals surface area contributed by atoms with Gasteiger partial charge in [-0.1, -0.05) is 34.7 Å². The fourth-order valence-electron chi connectivity index (χ4n) is 1.87. The van der Waals surface area contributed by atoms with Gasteiger partial charge in [0.15, 0.2) is 0 Å². The van der Waals surface area contributed by atoms with E-state index in [1.807, 2.05) is 10.2 Å². The van der Waals surface area contributed by atoms with Gasteiger partial charge in [-0.3, -0.25) is 4.79 Å². The average Bonchev–Trinajstić information content (AvgIpc) is 2.52. The van der Waals surface area contributed by atoms with E-state index in [1.54, 1.807) is 12.1 Å². The molecule has 0 saturated heterocycles. The van der Waals surface area contributed by atoms with Crippen LogP contribution in [-0.2, 0) is 16.1 Å². The minimum atomic E-state index is -0.558.